The largest absolute Gasteiger partial charge is 0.384 e. The molecule has 1 heterocycles. The summed E-state index contributed by atoms with van der Waals surface area (Å²) in [7, 11) is 0. The summed E-state index contributed by atoms with van der Waals surface area (Å²) in [6.45, 7) is 3.81. The molecule has 3 rings (SSSR count). The second kappa shape index (κ2) is 6.91. The molecule has 1 saturated carbocycles. The third-order valence-corrected chi connectivity index (χ3v) is 5.32. The third kappa shape index (κ3) is 4.13. The number of carbonyl (C=O) groups excluding carboxylic acids is 1. The molecule has 5 nitrogen and oxygen atoms in total. The van der Waals surface area contributed by atoms with Crippen LogP contribution in [0.15, 0.2) is 35.7 Å². The van der Waals surface area contributed by atoms with E-state index in [1.807, 2.05) is 42.6 Å². The maximum Gasteiger partial charge on any atom is 0.315 e. The zero-order chi connectivity index (χ0) is 17.2. The number of thiazole rings is 1. The van der Waals surface area contributed by atoms with Gasteiger partial charge in [-0.05, 0) is 38.2 Å². The van der Waals surface area contributed by atoms with Gasteiger partial charge in [0, 0.05) is 11.1 Å². The molecule has 1 aromatic heterocycles. The average molecular weight is 345 g/mol. The lowest BCUT2D eigenvalue weighted by Gasteiger charge is -2.25. The number of aromatic nitrogens is 1. The highest BCUT2D eigenvalue weighted by molar-refractivity contribution is 7.09. The monoisotopic (exact) mass is 345 g/mol. The molecule has 2 amide bonds. The van der Waals surface area contributed by atoms with Gasteiger partial charge in [0.2, 0.25) is 0 Å². The highest BCUT2D eigenvalue weighted by atomic mass is 32.1. The van der Waals surface area contributed by atoms with E-state index >= 15 is 0 Å². The Bertz CT molecular complexity index is 695. The van der Waals surface area contributed by atoms with Crippen LogP contribution in [0, 0.1) is 12.8 Å². The van der Waals surface area contributed by atoms with Crippen molar-refractivity contribution < 1.29 is 9.90 Å². The molecule has 1 aliphatic carbocycles. The number of rotatable bonds is 6. The van der Waals surface area contributed by atoms with E-state index in [4.69, 9.17) is 0 Å². The topological polar surface area (TPSA) is 74.2 Å². The normalized spacial score (nSPS) is 17.8. The van der Waals surface area contributed by atoms with Gasteiger partial charge in [-0.2, -0.15) is 0 Å². The van der Waals surface area contributed by atoms with E-state index < -0.39 is 5.60 Å². The smallest absolute Gasteiger partial charge is 0.315 e. The molecular weight excluding hydrogens is 322 g/mol. The highest BCUT2D eigenvalue weighted by Crippen LogP contribution is 2.41. The van der Waals surface area contributed by atoms with Gasteiger partial charge in [0.1, 0.15) is 10.6 Å². The summed E-state index contributed by atoms with van der Waals surface area (Å²) in [6.07, 6.45) is 2.23. The van der Waals surface area contributed by atoms with Crippen molar-refractivity contribution in [1.29, 1.82) is 0 Å². The number of amides is 2. The molecule has 1 fully saturated rings. The van der Waals surface area contributed by atoms with Crippen LogP contribution in [0.4, 0.5) is 4.79 Å². The van der Waals surface area contributed by atoms with Crippen LogP contribution in [0.5, 0.6) is 0 Å². The molecule has 1 aliphatic rings. The lowest BCUT2D eigenvalue weighted by atomic mass is 9.96. The maximum atomic E-state index is 12.3. The second-order valence-corrected chi connectivity index (χ2v) is 7.50. The number of aryl methyl sites for hydroxylation is 1. The summed E-state index contributed by atoms with van der Waals surface area (Å²) in [5.41, 5.74) is 0.653. The van der Waals surface area contributed by atoms with Gasteiger partial charge >= 0.3 is 6.03 Å². The Morgan fingerprint density at radius 2 is 2.12 bits per heavy atom. The Kier molecular flexibility index (Phi) is 4.87. The Morgan fingerprint density at radius 3 is 2.71 bits per heavy atom. The van der Waals surface area contributed by atoms with Gasteiger partial charge in [-0.25, -0.2) is 9.78 Å². The number of hydrogen-bond donors (Lipinski definition) is 3. The van der Waals surface area contributed by atoms with Crippen LogP contribution in [0.1, 0.15) is 42.1 Å². The lowest BCUT2D eigenvalue weighted by molar-refractivity contribution is 0.0592. The average Bonchev–Trinajstić information content (AvgIpc) is 3.33. The zero-order valence-corrected chi connectivity index (χ0v) is 14.8. The first-order valence-electron chi connectivity index (χ1n) is 8.20. The molecule has 0 saturated heterocycles. The predicted molar refractivity (Wildman–Crippen MR) is 94.9 cm³/mol. The summed E-state index contributed by atoms with van der Waals surface area (Å²) in [5, 5.41) is 19.3. The van der Waals surface area contributed by atoms with Gasteiger partial charge in [-0.1, -0.05) is 30.3 Å². The van der Waals surface area contributed by atoms with E-state index in [-0.39, 0.29) is 18.6 Å². The molecule has 0 aliphatic heterocycles. The fourth-order valence-corrected chi connectivity index (χ4v) is 3.61. The van der Waals surface area contributed by atoms with E-state index in [2.05, 4.69) is 15.6 Å². The minimum absolute atomic E-state index is 0.0367. The van der Waals surface area contributed by atoms with E-state index in [0.717, 1.165) is 29.1 Å². The van der Waals surface area contributed by atoms with Crippen LogP contribution in [-0.4, -0.2) is 22.7 Å². The summed E-state index contributed by atoms with van der Waals surface area (Å²) in [4.78, 5) is 16.8. The van der Waals surface area contributed by atoms with Crippen molar-refractivity contribution in [1.82, 2.24) is 15.6 Å². The Balaban J connectivity index is 1.58. The van der Waals surface area contributed by atoms with Crippen LogP contribution in [0.25, 0.3) is 0 Å². The Morgan fingerprint density at radius 1 is 1.42 bits per heavy atom. The first kappa shape index (κ1) is 16.9. The Hall–Kier alpha value is -1.92. The number of aliphatic hydroxyl groups is 1. The van der Waals surface area contributed by atoms with Crippen LogP contribution >= 0.6 is 11.3 Å². The van der Waals surface area contributed by atoms with Gasteiger partial charge in [0.05, 0.1) is 12.6 Å². The van der Waals surface area contributed by atoms with Crippen molar-refractivity contribution in [3.63, 3.8) is 0 Å². The van der Waals surface area contributed by atoms with Crippen molar-refractivity contribution in [3.05, 3.63) is 52.0 Å². The predicted octanol–water partition coefficient (Wildman–Crippen LogP) is 3.11. The second-order valence-electron chi connectivity index (χ2n) is 6.61. The maximum absolute atomic E-state index is 12.3. The standard InChI is InChI=1S/C18H23N3O2S/c1-12-10-24-16(20-12)15(13-8-9-13)21-17(22)19-11-18(2,23)14-6-4-3-5-7-14/h3-7,10,13,15,23H,8-9,11H2,1-2H3,(H2,19,21,22)/t15-,18+/m0/s1. The van der Waals surface area contributed by atoms with Gasteiger partial charge in [-0.3, -0.25) is 0 Å². The van der Waals surface area contributed by atoms with E-state index in [9.17, 15) is 9.90 Å². The third-order valence-electron chi connectivity index (χ3n) is 4.27. The van der Waals surface area contributed by atoms with Gasteiger partial charge < -0.3 is 15.7 Å². The summed E-state index contributed by atoms with van der Waals surface area (Å²) < 4.78 is 0. The fourth-order valence-electron chi connectivity index (χ4n) is 2.67. The molecule has 3 N–H and O–H groups in total. The van der Waals surface area contributed by atoms with Gasteiger partial charge in [-0.15, -0.1) is 11.3 Å². The zero-order valence-electron chi connectivity index (χ0n) is 14.0. The molecule has 2 atom stereocenters. The first-order chi connectivity index (χ1) is 11.5. The van der Waals surface area contributed by atoms with Crippen molar-refractivity contribution in [3.8, 4) is 0 Å². The van der Waals surface area contributed by atoms with Crippen molar-refractivity contribution >= 4 is 17.4 Å². The Labute approximate surface area is 146 Å². The molecule has 0 unspecified atom stereocenters. The quantitative estimate of drug-likeness (QED) is 0.753. The SMILES string of the molecule is Cc1csc([C@@H](NC(=O)NC[C@@](C)(O)c2ccccc2)C2CC2)n1. The molecule has 0 radical (unpaired) electrons. The molecule has 24 heavy (non-hydrogen) atoms. The number of carbonyl (C=O) groups is 1. The van der Waals surface area contributed by atoms with Crippen LogP contribution in [-0.2, 0) is 5.60 Å². The molecule has 6 heteroatoms. The summed E-state index contributed by atoms with van der Waals surface area (Å²) in [6, 6.07) is 9.04. The molecule has 128 valence electrons. The molecule has 0 spiro atoms. The molecule has 1 aromatic carbocycles. The van der Waals surface area contributed by atoms with E-state index in [1.54, 1.807) is 18.3 Å². The van der Waals surface area contributed by atoms with Gasteiger partial charge in [0.15, 0.2) is 0 Å². The number of benzene rings is 1. The van der Waals surface area contributed by atoms with Crippen molar-refractivity contribution in [2.75, 3.05) is 6.54 Å². The van der Waals surface area contributed by atoms with Crippen LogP contribution < -0.4 is 10.6 Å². The minimum Gasteiger partial charge on any atom is -0.384 e. The fraction of sp³-hybridized carbons (Fsp3) is 0.444. The van der Waals surface area contributed by atoms with Crippen LogP contribution in [0.3, 0.4) is 0 Å². The molecule has 2 aromatic rings. The molecular formula is C18H23N3O2S. The number of urea groups is 1. The minimum atomic E-state index is -1.11. The highest BCUT2D eigenvalue weighted by Gasteiger charge is 2.35. The number of nitrogens with one attached hydrogen (secondary N) is 2. The van der Waals surface area contributed by atoms with Crippen molar-refractivity contribution in [2.24, 2.45) is 5.92 Å². The van der Waals surface area contributed by atoms with E-state index in [0.29, 0.717) is 5.92 Å². The van der Waals surface area contributed by atoms with Gasteiger partial charge in [0.25, 0.3) is 0 Å². The van der Waals surface area contributed by atoms with Crippen LogP contribution in [0.2, 0.25) is 0 Å². The summed E-state index contributed by atoms with van der Waals surface area (Å²) >= 11 is 1.59. The number of hydrogen-bond acceptors (Lipinski definition) is 4. The number of nitrogens with zero attached hydrogens (tertiary/aromatic N) is 1. The summed E-state index contributed by atoms with van der Waals surface area (Å²) in [5.74, 6) is 0.468. The lowest BCUT2D eigenvalue weighted by Crippen LogP contribution is -2.44. The first-order valence-corrected chi connectivity index (χ1v) is 9.08. The molecule has 0 bridgehead atoms. The van der Waals surface area contributed by atoms with Crippen molar-refractivity contribution in [2.45, 2.75) is 38.3 Å². The van der Waals surface area contributed by atoms with E-state index in [1.165, 1.54) is 0 Å².